The molecule has 1 N–H and O–H groups in total. The fourth-order valence-corrected chi connectivity index (χ4v) is 3.51. The predicted molar refractivity (Wildman–Crippen MR) is 99.0 cm³/mol. The first-order valence-corrected chi connectivity index (χ1v) is 8.77. The summed E-state index contributed by atoms with van der Waals surface area (Å²) in [6, 6.07) is 14.5. The van der Waals surface area contributed by atoms with Gasteiger partial charge in [-0.3, -0.25) is 14.7 Å². The van der Waals surface area contributed by atoms with Crippen LogP contribution < -0.4 is 11.1 Å². The van der Waals surface area contributed by atoms with E-state index in [2.05, 4.69) is 26.0 Å². The molecule has 7 heteroatoms. The molecule has 0 aliphatic carbocycles. The molecule has 4 rings (SSSR count). The van der Waals surface area contributed by atoms with Crippen molar-refractivity contribution in [3.8, 4) is 16.4 Å². The summed E-state index contributed by atoms with van der Waals surface area (Å²) in [7, 11) is 0. The highest BCUT2D eigenvalue weighted by atomic mass is 79.9. The van der Waals surface area contributed by atoms with Gasteiger partial charge in [0, 0.05) is 15.4 Å². The Balaban J connectivity index is 1.87. The number of benzene rings is 2. The third-order valence-electron chi connectivity index (χ3n) is 3.64. The van der Waals surface area contributed by atoms with E-state index in [1.165, 1.54) is 16.0 Å². The van der Waals surface area contributed by atoms with Gasteiger partial charge in [-0.2, -0.15) is 4.68 Å². The Kier molecular flexibility index (Phi) is 3.66. The number of aromatic nitrogens is 3. The quantitative estimate of drug-likeness (QED) is 0.560. The Morgan fingerprint density at radius 2 is 1.71 bits per heavy atom. The van der Waals surface area contributed by atoms with E-state index in [0.29, 0.717) is 15.9 Å². The van der Waals surface area contributed by atoms with Gasteiger partial charge in [0.2, 0.25) is 5.13 Å². The second-order valence-electron chi connectivity index (χ2n) is 5.15. The molecule has 0 radical (unpaired) electrons. The van der Waals surface area contributed by atoms with E-state index in [0.717, 1.165) is 15.7 Å². The van der Waals surface area contributed by atoms with E-state index in [1.54, 1.807) is 24.3 Å². The van der Waals surface area contributed by atoms with Crippen LogP contribution in [-0.2, 0) is 0 Å². The van der Waals surface area contributed by atoms with Gasteiger partial charge in [0.15, 0.2) is 0 Å². The third-order valence-corrected chi connectivity index (χ3v) is 5.00. The predicted octanol–water partition coefficient (Wildman–Crippen LogP) is 3.57. The summed E-state index contributed by atoms with van der Waals surface area (Å²) in [5.74, 6) is 0. The number of aromatic amines is 1. The Hall–Kier alpha value is -2.51. The molecule has 0 atom stereocenters. The molecule has 0 spiro atoms. The minimum absolute atomic E-state index is 0.290. The van der Waals surface area contributed by atoms with Crippen LogP contribution in [0.5, 0.6) is 0 Å². The minimum atomic E-state index is -0.314. The van der Waals surface area contributed by atoms with Gasteiger partial charge < -0.3 is 0 Å². The van der Waals surface area contributed by atoms with Gasteiger partial charge in [0.05, 0.1) is 16.5 Å². The van der Waals surface area contributed by atoms with Gasteiger partial charge >= 0.3 is 0 Å². The van der Waals surface area contributed by atoms with E-state index < -0.39 is 0 Å². The summed E-state index contributed by atoms with van der Waals surface area (Å²) in [6.45, 7) is 0. The Labute approximate surface area is 148 Å². The van der Waals surface area contributed by atoms with Crippen LogP contribution in [0.3, 0.4) is 0 Å². The van der Waals surface area contributed by atoms with Crippen LogP contribution in [0.1, 0.15) is 0 Å². The molecule has 0 unspecified atom stereocenters. The van der Waals surface area contributed by atoms with Crippen LogP contribution >= 0.6 is 27.3 Å². The van der Waals surface area contributed by atoms with Gasteiger partial charge in [0.25, 0.3) is 11.1 Å². The Bertz CT molecular complexity index is 1160. The molecule has 118 valence electrons. The van der Waals surface area contributed by atoms with Gasteiger partial charge in [-0.15, -0.1) is 11.3 Å². The summed E-state index contributed by atoms with van der Waals surface area (Å²) >= 11 is 4.70. The van der Waals surface area contributed by atoms with Crippen molar-refractivity contribution in [2.24, 2.45) is 0 Å². The summed E-state index contributed by atoms with van der Waals surface area (Å²) in [5, 5.41) is 5.64. The first kappa shape index (κ1) is 15.0. The fraction of sp³-hybridized carbons (Fsp3) is 0. The molecule has 5 nitrogen and oxygen atoms in total. The number of thiazole rings is 1. The molecule has 0 saturated carbocycles. The van der Waals surface area contributed by atoms with Crippen molar-refractivity contribution in [1.82, 2.24) is 14.8 Å². The maximum absolute atomic E-state index is 12.6. The van der Waals surface area contributed by atoms with Crippen LogP contribution in [0.2, 0.25) is 0 Å². The topological polar surface area (TPSA) is 67.8 Å². The van der Waals surface area contributed by atoms with E-state index in [1.807, 2.05) is 29.6 Å². The molecule has 2 aromatic carbocycles. The number of rotatable bonds is 2. The van der Waals surface area contributed by atoms with Gasteiger partial charge in [-0.1, -0.05) is 40.2 Å². The molecular weight excluding hydrogens is 390 g/mol. The van der Waals surface area contributed by atoms with Crippen LogP contribution in [0, 0.1) is 0 Å². The lowest BCUT2D eigenvalue weighted by molar-refractivity contribution is 0.795. The van der Waals surface area contributed by atoms with Crippen LogP contribution in [0.15, 0.2) is 68.0 Å². The number of hydrogen-bond donors (Lipinski definition) is 1. The van der Waals surface area contributed by atoms with Crippen LogP contribution in [0.25, 0.3) is 27.2 Å². The average molecular weight is 400 g/mol. The molecule has 2 heterocycles. The van der Waals surface area contributed by atoms with E-state index in [4.69, 9.17) is 0 Å². The molecule has 4 aromatic rings. The first-order valence-electron chi connectivity index (χ1n) is 7.09. The van der Waals surface area contributed by atoms with Crippen molar-refractivity contribution >= 4 is 38.0 Å². The second-order valence-corrected chi connectivity index (χ2v) is 6.90. The number of fused-ring (bicyclic) bond motifs is 1. The first-order chi connectivity index (χ1) is 11.6. The van der Waals surface area contributed by atoms with Crippen molar-refractivity contribution < 1.29 is 0 Å². The Morgan fingerprint density at radius 1 is 1.00 bits per heavy atom. The lowest BCUT2D eigenvalue weighted by Gasteiger charge is -2.03. The number of nitrogens with zero attached hydrogens (tertiary/aromatic N) is 2. The number of nitrogens with one attached hydrogen (secondary N) is 1. The fourth-order valence-electron chi connectivity index (χ4n) is 2.46. The molecule has 24 heavy (non-hydrogen) atoms. The standard InChI is InChI=1S/C17H10BrN3O2S/c18-11-7-5-10(6-8-11)14-9-24-17(19-14)21-16(23)13-4-2-1-3-12(13)15(22)20-21/h1-9H,(H,20,22). The van der Waals surface area contributed by atoms with Crippen molar-refractivity contribution in [1.29, 1.82) is 0 Å². The highest BCUT2D eigenvalue weighted by molar-refractivity contribution is 9.10. The second kappa shape index (κ2) is 5.85. The highest BCUT2D eigenvalue weighted by Gasteiger charge is 2.12. The maximum atomic E-state index is 12.6. The highest BCUT2D eigenvalue weighted by Crippen LogP contribution is 2.24. The van der Waals surface area contributed by atoms with E-state index in [-0.39, 0.29) is 11.1 Å². The van der Waals surface area contributed by atoms with Gasteiger partial charge in [-0.25, -0.2) is 4.98 Å². The third kappa shape index (κ3) is 2.51. The van der Waals surface area contributed by atoms with Crippen LogP contribution in [0.4, 0.5) is 0 Å². The number of halogens is 1. The lowest BCUT2D eigenvalue weighted by Crippen LogP contribution is -2.28. The molecular formula is C17H10BrN3O2S. The van der Waals surface area contributed by atoms with E-state index >= 15 is 0 Å². The lowest BCUT2D eigenvalue weighted by atomic mass is 10.2. The summed E-state index contributed by atoms with van der Waals surface area (Å²) < 4.78 is 2.19. The van der Waals surface area contributed by atoms with Crippen LogP contribution in [-0.4, -0.2) is 14.8 Å². The summed E-state index contributed by atoms with van der Waals surface area (Å²) in [5.41, 5.74) is 1.09. The van der Waals surface area contributed by atoms with Crippen molar-refractivity contribution in [2.45, 2.75) is 0 Å². The number of hydrogen-bond acceptors (Lipinski definition) is 4. The zero-order valence-corrected chi connectivity index (χ0v) is 14.6. The molecule has 0 aliphatic heterocycles. The van der Waals surface area contributed by atoms with Gasteiger partial charge in [0.1, 0.15) is 0 Å². The zero-order chi connectivity index (χ0) is 16.7. The molecule has 0 bridgehead atoms. The van der Waals surface area contributed by atoms with E-state index in [9.17, 15) is 9.59 Å². The van der Waals surface area contributed by atoms with Crippen molar-refractivity contribution in [3.05, 3.63) is 79.1 Å². The normalized spacial score (nSPS) is 11.0. The SMILES string of the molecule is O=c1[nH]n(-c2nc(-c3ccc(Br)cc3)cs2)c(=O)c2ccccc12. The summed E-state index contributed by atoms with van der Waals surface area (Å²) in [4.78, 5) is 29.3. The molecule has 2 aromatic heterocycles. The van der Waals surface area contributed by atoms with Crippen molar-refractivity contribution in [3.63, 3.8) is 0 Å². The molecule has 0 amide bonds. The summed E-state index contributed by atoms with van der Waals surface area (Å²) in [6.07, 6.45) is 0. The largest absolute Gasteiger partial charge is 0.279 e. The minimum Gasteiger partial charge on any atom is -0.267 e. The molecule has 0 saturated heterocycles. The van der Waals surface area contributed by atoms with Gasteiger partial charge in [-0.05, 0) is 24.3 Å². The maximum Gasteiger partial charge on any atom is 0.279 e. The monoisotopic (exact) mass is 399 g/mol. The zero-order valence-electron chi connectivity index (χ0n) is 12.2. The molecule has 0 aliphatic rings. The number of H-pyrrole nitrogens is 1. The Morgan fingerprint density at radius 3 is 2.46 bits per heavy atom. The average Bonchev–Trinajstić information content (AvgIpc) is 3.08. The molecule has 0 fully saturated rings. The smallest absolute Gasteiger partial charge is 0.267 e. The van der Waals surface area contributed by atoms with Crippen molar-refractivity contribution in [2.75, 3.05) is 0 Å².